The van der Waals surface area contributed by atoms with Crippen LogP contribution in [0.15, 0.2) is 53.0 Å². The highest BCUT2D eigenvalue weighted by atomic mass is 79.9. The number of carbonyl (C=O) groups excluding carboxylic acids is 1. The fourth-order valence-electron chi connectivity index (χ4n) is 2.89. The summed E-state index contributed by atoms with van der Waals surface area (Å²) in [6, 6.07) is 15.2. The maximum atomic E-state index is 12.5. The van der Waals surface area contributed by atoms with E-state index in [1.165, 1.54) is 0 Å². The van der Waals surface area contributed by atoms with Crippen LogP contribution in [0.2, 0.25) is 5.02 Å². The molecule has 0 N–H and O–H groups in total. The molecule has 23 heavy (non-hydrogen) atoms. The summed E-state index contributed by atoms with van der Waals surface area (Å²) < 4.78 is 6.59. The van der Waals surface area contributed by atoms with Gasteiger partial charge in [-0.3, -0.25) is 4.79 Å². The van der Waals surface area contributed by atoms with Crippen LogP contribution in [-0.2, 0) is 4.79 Å². The highest BCUT2D eigenvalue weighted by Gasteiger charge is 2.31. The molecule has 0 bridgehead atoms. The summed E-state index contributed by atoms with van der Waals surface area (Å²) in [6.45, 7) is 0.793. The maximum absolute atomic E-state index is 12.5. The first kappa shape index (κ1) is 16.3. The topological polar surface area (TPSA) is 29.5 Å². The lowest BCUT2D eigenvalue weighted by Gasteiger charge is -2.25. The molecule has 3 nitrogen and oxygen atoms in total. The van der Waals surface area contributed by atoms with Gasteiger partial charge in [-0.25, -0.2) is 0 Å². The largest absolute Gasteiger partial charge is 0.484 e. The number of hydrogen-bond donors (Lipinski definition) is 0. The van der Waals surface area contributed by atoms with Gasteiger partial charge in [-0.15, -0.1) is 0 Å². The van der Waals surface area contributed by atoms with Gasteiger partial charge in [0.05, 0.1) is 6.04 Å². The fraction of sp³-hybridized carbons (Fsp3) is 0.278. The highest BCUT2D eigenvalue weighted by molar-refractivity contribution is 9.10. The molecule has 2 aromatic carbocycles. The number of nitrogens with zero attached hydrogens (tertiary/aromatic N) is 1. The SMILES string of the molecule is O=C(COc1ccc(Br)cc1)N1CCCC1c1ccccc1Cl. The highest BCUT2D eigenvalue weighted by Crippen LogP contribution is 2.35. The zero-order valence-corrected chi connectivity index (χ0v) is 14.9. The van der Waals surface area contributed by atoms with E-state index in [2.05, 4.69) is 15.9 Å². The number of benzene rings is 2. The predicted octanol–water partition coefficient (Wildman–Crippen LogP) is 4.85. The first-order chi connectivity index (χ1) is 11.1. The molecule has 1 unspecified atom stereocenters. The lowest BCUT2D eigenvalue weighted by atomic mass is 10.0. The normalized spacial score (nSPS) is 17.3. The van der Waals surface area contributed by atoms with Gasteiger partial charge >= 0.3 is 0 Å². The molecule has 0 spiro atoms. The van der Waals surface area contributed by atoms with Gasteiger partial charge in [0.1, 0.15) is 5.75 Å². The number of carbonyl (C=O) groups is 1. The first-order valence-electron chi connectivity index (χ1n) is 7.57. The first-order valence-corrected chi connectivity index (χ1v) is 8.74. The van der Waals surface area contributed by atoms with Crippen LogP contribution in [0.25, 0.3) is 0 Å². The smallest absolute Gasteiger partial charge is 0.261 e. The van der Waals surface area contributed by atoms with E-state index in [1.54, 1.807) is 0 Å². The van der Waals surface area contributed by atoms with E-state index in [0.29, 0.717) is 10.8 Å². The van der Waals surface area contributed by atoms with Crippen molar-refractivity contribution in [1.82, 2.24) is 4.90 Å². The average Bonchev–Trinajstić information content (AvgIpc) is 3.04. The summed E-state index contributed by atoms with van der Waals surface area (Å²) in [5.74, 6) is 0.686. The van der Waals surface area contributed by atoms with Crippen molar-refractivity contribution in [2.24, 2.45) is 0 Å². The molecule has 0 radical (unpaired) electrons. The molecule has 1 aliphatic rings. The van der Waals surface area contributed by atoms with Gasteiger partial charge in [0.2, 0.25) is 0 Å². The van der Waals surface area contributed by atoms with Crippen LogP contribution in [-0.4, -0.2) is 24.0 Å². The Morgan fingerprint density at radius 1 is 1.22 bits per heavy atom. The molecule has 1 fully saturated rings. The summed E-state index contributed by atoms with van der Waals surface area (Å²) >= 11 is 9.67. The van der Waals surface area contributed by atoms with E-state index >= 15 is 0 Å². The molecule has 1 aliphatic heterocycles. The van der Waals surface area contributed by atoms with E-state index in [4.69, 9.17) is 16.3 Å². The Morgan fingerprint density at radius 3 is 2.70 bits per heavy atom. The van der Waals surface area contributed by atoms with Gasteiger partial charge < -0.3 is 9.64 Å². The van der Waals surface area contributed by atoms with E-state index in [0.717, 1.165) is 29.4 Å². The van der Waals surface area contributed by atoms with Crippen molar-refractivity contribution >= 4 is 33.4 Å². The molecule has 0 aromatic heterocycles. The van der Waals surface area contributed by atoms with E-state index < -0.39 is 0 Å². The molecule has 5 heteroatoms. The quantitative estimate of drug-likeness (QED) is 0.742. The summed E-state index contributed by atoms with van der Waals surface area (Å²) in [4.78, 5) is 14.4. The molecular formula is C18H17BrClNO2. The van der Waals surface area contributed by atoms with Gasteiger partial charge in [0, 0.05) is 16.0 Å². The molecule has 2 aromatic rings. The Labute approximate surface area is 149 Å². The fourth-order valence-corrected chi connectivity index (χ4v) is 3.42. The minimum Gasteiger partial charge on any atom is -0.484 e. The van der Waals surface area contributed by atoms with Crippen molar-refractivity contribution < 1.29 is 9.53 Å². The van der Waals surface area contributed by atoms with E-state index in [1.807, 2.05) is 53.4 Å². The van der Waals surface area contributed by atoms with Crippen LogP contribution in [0.1, 0.15) is 24.4 Å². The molecular weight excluding hydrogens is 378 g/mol. The van der Waals surface area contributed by atoms with Crippen molar-refractivity contribution in [3.8, 4) is 5.75 Å². The van der Waals surface area contributed by atoms with Crippen molar-refractivity contribution in [3.63, 3.8) is 0 Å². The third-order valence-corrected chi connectivity index (χ3v) is 4.89. The van der Waals surface area contributed by atoms with Gasteiger partial charge in [0.15, 0.2) is 6.61 Å². The number of halogens is 2. The van der Waals surface area contributed by atoms with Gasteiger partial charge in [-0.05, 0) is 48.7 Å². The number of rotatable bonds is 4. The molecule has 1 atom stereocenters. The zero-order valence-electron chi connectivity index (χ0n) is 12.5. The lowest BCUT2D eigenvalue weighted by molar-refractivity contribution is -0.134. The minimum atomic E-state index is -0.00432. The number of amides is 1. The lowest BCUT2D eigenvalue weighted by Crippen LogP contribution is -2.34. The molecule has 0 saturated carbocycles. The maximum Gasteiger partial charge on any atom is 0.261 e. The van der Waals surface area contributed by atoms with E-state index in [9.17, 15) is 4.79 Å². The van der Waals surface area contributed by atoms with Crippen LogP contribution < -0.4 is 4.74 Å². The third-order valence-electron chi connectivity index (χ3n) is 4.01. The van der Waals surface area contributed by atoms with Crippen molar-refractivity contribution in [3.05, 3.63) is 63.6 Å². The standard InChI is InChI=1S/C18H17BrClNO2/c19-13-7-9-14(10-8-13)23-12-18(22)21-11-3-6-17(21)15-4-1-2-5-16(15)20/h1-2,4-5,7-10,17H,3,6,11-12H2. The Bertz CT molecular complexity index is 690. The van der Waals surface area contributed by atoms with Crippen molar-refractivity contribution in [2.75, 3.05) is 13.2 Å². The van der Waals surface area contributed by atoms with Crippen molar-refractivity contribution in [2.45, 2.75) is 18.9 Å². The van der Waals surface area contributed by atoms with Crippen LogP contribution >= 0.6 is 27.5 Å². The third kappa shape index (κ3) is 3.88. The average molecular weight is 395 g/mol. The second-order valence-electron chi connectivity index (χ2n) is 5.51. The van der Waals surface area contributed by atoms with E-state index in [-0.39, 0.29) is 18.6 Å². The Balaban J connectivity index is 1.66. The number of ether oxygens (including phenoxy) is 1. The molecule has 120 valence electrons. The number of hydrogen-bond acceptors (Lipinski definition) is 2. The van der Waals surface area contributed by atoms with Crippen LogP contribution in [0, 0.1) is 0 Å². The predicted molar refractivity (Wildman–Crippen MR) is 94.8 cm³/mol. The van der Waals surface area contributed by atoms with Gasteiger partial charge in [-0.1, -0.05) is 45.7 Å². The summed E-state index contributed by atoms with van der Waals surface area (Å²) in [6.07, 6.45) is 1.92. The molecule has 1 saturated heterocycles. The second-order valence-corrected chi connectivity index (χ2v) is 6.83. The summed E-state index contributed by atoms with van der Waals surface area (Å²) in [5, 5.41) is 0.714. The van der Waals surface area contributed by atoms with Crippen molar-refractivity contribution in [1.29, 1.82) is 0 Å². The Kier molecular flexibility index (Phi) is 5.23. The Morgan fingerprint density at radius 2 is 1.96 bits per heavy atom. The molecule has 3 rings (SSSR count). The number of likely N-dealkylation sites (tertiary alicyclic amines) is 1. The van der Waals surface area contributed by atoms with Gasteiger partial charge in [-0.2, -0.15) is 0 Å². The van der Waals surface area contributed by atoms with Crippen LogP contribution in [0.3, 0.4) is 0 Å². The minimum absolute atomic E-state index is 0.00432. The molecule has 0 aliphatic carbocycles. The van der Waals surface area contributed by atoms with Crippen LogP contribution in [0.4, 0.5) is 0 Å². The Hall–Kier alpha value is -1.52. The zero-order chi connectivity index (χ0) is 16.2. The molecule has 1 amide bonds. The van der Waals surface area contributed by atoms with Gasteiger partial charge in [0.25, 0.3) is 5.91 Å². The summed E-state index contributed by atoms with van der Waals surface area (Å²) in [5.41, 5.74) is 1.02. The van der Waals surface area contributed by atoms with Crippen LogP contribution in [0.5, 0.6) is 5.75 Å². The second kappa shape index (κ2) is 7.37. The monoisotopic (exact) mass is 393 g/mol. The molecule has 1 heterocycles. The summed E-state index contributed by atoms with van der Waals surface area (Å²) in [7, 11) is 0.